The van der Waals surface area contributed by atoms with Crippen LogP contribution in [-0.2, 0) is 14.9 Å². The number of benzene rings is 2. The molecule has 26 heavy (non-hydrogen) atoms. The van der Waals surface area contributed by atoms with Crippen molar-refractivity contribution in [3.63, 3.8) is 0 Å². The number of amides is 1. The van der Waals surface area contributed by atoms with E-state index < -0.39 is 16.2 Å². The molecular weight excluding hydrogens is 378 g/mol. The summed E-state index contributed by atoms with van der Waals surface area (Å²) in [5.41, 5.74) is 1.96. The molecule has 10 heteroatoms. The fourth-order valence-corrected chi connectivity index (χ4v) is 3.65. The quantitative estimate of drug-likeness (QED) is 0.609. The van der Waals surface area contributed by atoms with Gasteiger partial charge < -0.3 is 13.6 Å². The summed E-state index contributed by atoms with van der Waals surface area (Å²) in [6.45, 7) is 1.90. The maximum absolute atomic E-state index is 12.5. The summed E-state index contributed by atoms with van der Waals surface area (Å²) in [6.07, 6.45) is -0.646. The summed E-state index contributed by atoms with van der Waals surface area (Å²) in [5, 5.41) is 2.73. The lowest BCUT2D eigenvalue weighted by Gasteiger charge is -2.17. The fraction of sp³-hybridized carbons (Fsp3) is 0.125. The molecule has 0 bridgehead atoms. The first-order valence-corrected chi connectivity index (χ1v) is 9.61. The zero-order valence-corrected chi connectivity index (χ0v) is 15.5. The second-order valence-electron chi connectivity index (χ2n) is 5.27. The van der Waals surface area contributed by atoms with E-state index in [0.29, 0.717) is 11.4 Å². The maximum atomic E-state index is 12.5. The van der Waals surface area contributed by atoms with Crippen LogP contribution in [0.1, 0.15) is 5.56 Å². The summed E-state index contributed by atoms with van der Waals surface area (Å²) in [5.74, 6) is 0.234. The van der Waals surface area contributed by atoms with Crippen LogP contribution in [-0.4, -0.2) is 26.8 Å². The molecule has 3 rings (SSSR count). The minimum absolute atomic E-state index is 0.00972. The summed E-state index contributed by atoms with van der Waals surface area (Å²) < 4.78 is 37.5. The van der Waals surface area contributed by atoms with Crippen LogP contribution in [0, 0.1) is 6.92 Å². The van der Waals surface area contributed by atoms with Crippen molar-refractivity contribution in [3.8, 4) is 5.75 Å². The lowest BCUT2D eigenvalue weighted by atomic mass is 10.2. The highest BCUT2D eigenvalue weighted by Crippen LogP contribution is 2.34. The number of anilines is 1. The van der Waals surface area contributed by atoms with Gasteiger partial charge in [-0.3, -0.25) is 5.32 Å². The molecule has 0 fully saturated rings. The highest BCUT2D eigenvalue weighted by Gasteiger charge is 2.21. The first kappa shape index (κ1) is 18.1. The number of hydrogen-bond donors (Lipinski definition) is 2. The number of fused-ring (bicyclic) bond motifs is 1. The van der Waals surface area contributed by atoms with E-state index in [-0.39, 0.29) is 15.8 Å². The molecule has 0 unspecified atom stereocenters. The Hall–Kier alpha value is -2.72. The van der Waals surface area contributed by atoms with Gasteiger partial charge in [-0.1, -0.05) is 17.7 Å². The average molecular weight is 393 g/mol. The average Bonchev–Trinajstić information content (AvgIpc) is 2.63. The molecule has 2 N–H and O–H groups in total. The molecule has 1 amide bonds. The van der Waals surface area contributed by atoms with Crippen molar-refractivity contribution in [1.29, 1.82) is 0 Å². The van der Waals surface area contributed by atoms with Crippen molar-refractivity contribution >= 4 is 44.7 Å². The van der Waals surface area contributed by atoms with Gasteiger partial charge in [0.2, 0.25) is 0 Å². The van der Waals surface area contributed by atoms with E-state index in [1.807, 2.05) is 6.92 Å². The van der Waals surface area contributed by atoms with Gasteiger partial charge in [-0.05, 0) is 37.3 Å². The lowest BCUT2D eigenvalue weighted by molar-refractivity contribution is 0.177. The van der Waals surface area contributed by atoms with Gasteiger partial charge in [0.25, 0.3) is 0 Å². The summed E-state index contributed by atoms with van der Waals surface area (Å²) in [7, 11) is -2.74. The second-order valence-corrected chi connectivity index (χ2v) is 7.61. The van der Waals surface area contributed by atoms with Crippen molar-refractivity contribution in [2.45, 2.75) is 11.8 Å². The highest BCUT2D eigenvalue weighted by atomic mass is 32.2. The van der Waals surface area contributed by atoms with Crippen molar-refractivity contribution < 1.29 is 22.1 Å². The topological polar surface area (TPSA) is 106 Å². The Morgan fingerprint density at radius 1 is 1.19 bits per heavy atom. The summed E-state index contributed by atoms with van der Waals surface area (Å²) in [6, 6.07) is 11.0. The van der Waals surface area contributed by atoms with E-state index in [1.165, 1.54) is 25.3 Å². The number of carbonyl (C=O) groups excluding carboxylic acids is 1. The van der Waals surface area contributed by atoms with Crippen LogP contribution in [0.2, 0.25) is 0 Å². The van der Waals surface area contributed by atoms with Gasteiger partial charge in [0.1, 0.15) is 10.6 Å². The Balaban J connectivity index is 1.83. The van der Waals surface area contributed by atoms with Crippen molar-refractivity contribution in [2.75, 3.05) is 11.8 Å². The first-order chi connectivity index (χ1) is 12.4. The van der Waals surface area contributed by atoms with Crippen molar-refractivity contribution in [1.82, 2.24) is 5.32 Å². The number of nitrogens with zero attached hydrogens (tertiary/aromatic N) is 1. The van der Waals surface area contributed by atoms with Crippen LogP contribution in [0.15, 0.2) is 52.4 Å². The van der Waals surface area contributed by atoms with E-state index in [9.17, 15) is 13.2 Å². The smallest absolute Gasteiger partial charge is 0.412 e. The predicted molar refractivity (Wildman–Crippen MR) is 99.3 cm³/mol. The van der Waals surface area contributed by atoms with Gasteiger partial charge in [-0.15, -0.1) is 0 Å². The molecule has 0 aromatic heterocycles. The Kier molecular flexibility index (Phi) is 5.05. The molecule has 1 aliphatic rings. The molecule has 0 aliphatic carbocycles. The van der Waals surface area contributed by atoms with E-state index in [0.717, 1.165) is 17.5 Å². The largest absolute Gasteiger partial charge is 0.453 e. The maximum Gasteiger partial charge on any atom is 0.412 e. The molecule has 2 aromatic rings. The Bertz CT molecular complexity index is 972. The summed E-state index contributed by atoms with van der Waals surface area (Å²) >= 11 is 1.03. The zero-order chi connectivity index (χ0) is 18.7. The number of methoxy groups -OCH3 is 1. The number of hydrogen-bond acceptors (Lipinski definition) is 8. The highest BCUT2D eigenvalue weighted by molar-refractivity contribution is 8.15. The van der Waals surface area contributed by atoms with Crippen LogP contribution in [0.3, 0.4) is 0 Å². The van der Waals surface area contributed by atoms with Crippen LogP contribution >= 0.6 is 11.9 Å². The van der Waals surface area contributed by atoms with Crippen LogP contribution < -0.4 is 14.2 Å². The van der Waals surface area contributed by atoms with E-state index >= 15 is 0 Å². The van der Waals surface area contributed by atoms with Crippen LogP contribution in [0.5, 0.6) is 5.75 Å². The Morgan fingerprint density at radius 2 is 1.92 bits per heavy atom. The van der Waals surface area contributed by atoms with Gasteiger partial charge in [0, 0.05) is 11.9 Å². The number of alkyl carbamates (subject to hydrolysis) is 1. The molecular formula is C16H15N3O5S2. The minimum atomic E-state index is -3.98. The molecule has 0 saturated carbocycles. The number of aliphatic imine (C=N–C) groups is 1. The molecule has 1 heterocycles. The molecule has 2 aromatic carbocycles. The zero-order valence-electron chi connectivity index (χ0n) is 13.8. The number of amidine groups is 1. The number of rotatable bonds is 3. The first-order valence-electron chi connectivity index (χ1n) is 7.39. The van der Waals surface area contributed by atoms with Gasteiger partial charge in [-0.25, -0.2) is 9.79 Å². The minimum Gasteiger partial charge on any atom is -0.453 e. The van der Waals surface area contributed by atoms with Crippen molar-refractivity contribution in [2.24, 2.45) is 4.99 Å². The third-order valence-corrected chi connectivity index (χ3v) is 5.31. The monoisotopic (exact) mass is 393 g/mol. The molecule has 0 atom stereocenters. The SMILES string of the molecule is COC(=O)NC1=Nc2ccc(S(=O)(=O)Oc3ccc(C)cc3)cc2NS1. The number of nitrogens with one attached hydrogen (secondary N) is 2. The molecule has 8 nitrogen and oxygen atoms in total. The fourth-order valence-electron chi connectivity index (χ4n) is 2.05. The lowest BCUT2D eigenvalue weighted by Crippen LogP contribution is -2.29. The predicted octanol–water partition coefficient (Wildman–Crippen LogP) is 3.18. The van der Waals surface area contributed by atoms with Gasteiger partial charge in [0.15, 0.2) is 5.17 Å². The normalized spacial score (nSPS) is 13.1. The molecule has 0 saturated heterocycles. The summed E-state index contributed by atoms with van der Waals surface area (Å²) in [4.78, 5) is 15.4. The van der Waals surface area contributed by atoms with Crippen LogP contribution in [0.25, 0.3) is 0 Å². The van der Waals surface area contributed by atoms with Gasteiger partial charge in [0.05, 0.1) is 18.5 Å². The Labute approximate surface area is 154 Å². The van der Waals surface area contributed by atoms with E-state index in [1.54, 1.807) is 24.3 Å². The second kappa shape index (κ2) is 7.26. The van der Waals surface area contributed by atoms with E-state index in [4.69, 9.17) is 4.18 Å². The molecule has 0 spiro atoms. The third-order valence-electron chi connectivity index (χ3n) is 3.36. The Morgan fingerprint density at radius 3 is 2.62 bits per heavy atom. The number of carbonyl (C=O) groups is 1. The number of aryl methyl sites for hydroxylation is 1. The number of ether oxygens (including phenoxy) is 1. The van der Waals surface area contributed by atoms with Crippen molar-refractivity contribution in [3.05, 3.63) is 48.0 Å². The van der Waals surface area contributed by atoms with Gasteiger partial charge in [-0.2, -0.15) is 8.42 Å². The third kappa shape index (κ3) is 4.09. The van der Waals surface area contributed by atoms with Crippen LogP contribution in [0.4, 0.5) is 16.2 Å². The molecule has 1 aliphatic heterocycles. The standard InChI is InChI=1S/C16H15N3O5S2/c1-10-3-5-11(6-4-10)24-26(21,22)12-7-8-13-14(9-12)19-25-15(17-13)18-16(20)23-2/h3-9,19H,1-2H3,(H,17,18,20). The van der Waals surface area contributed by atoms with Gasteiger partial charge >= 0.3 is 16.2 Å². The molecule has 0 radical (unpaired) electrons. The molecule has 136 valence electrons. The van der Waals surface area contributed by atoms with E-state index in [2.05, 4.69) is 19.8 Å².